The Hall–Kier alpha value is -2.37. The number of carboxylic acids is 1. The van der Waals surface area contributed by atoms with Crippen LogP contribution in [0.25, 0.3) is 0 Å². The Balaban J connectivity index is 2.58. The van der Waals surface area contributed by atoms with Crippen LogP contribution in [-0.4, -0.2) is 29.4 Å². The Kier molecular flexibility index (Phi) is 6.10. The molecule has 0 spiro atoms. The highest BCUT2D eigenvalue weighted by Gasteiger charge is 2.25. The van der Waals surface area contributed by atoms with Crippen molar-refractivity contribution in [1.29, 1.82) is 0 Å². The number of nitrogens with one attached hydrogen (secondary N) is 2. The van der Waals surface area contributed by atoms with Crippen molar-refractivity contribution < 1.29 is 19.5 Å². The molecule has 0 aromatic heterocycles. The maximum atomic E-state index is 12.0. The topological polar surface area (TPSA) is 95.5 Å². The van der Waals surface area contributed by atoms with Gasteiger partial charge < -0.3 is 15.7 Å². The molecular formula is C16H22N2O4. The Morgan fingerprint density at radius 1 is 1.14 bits per heavy atom. The lowest BCUT2D eigenvalue weighted by Crippen LogP contribution is -2.30. The van der Waals surface area contributed by atoms with Crippen molar-refractivity contribution in [3.8, 4) is 0 Å². The molecule has 0 radical (unpaired) electrons. The van der Waals surface area contributed by atoms with E-state index in [9.17, 15) is 14.4 Å². The standard InChI is InChI=1S/C16H22N2O4/c1-4-16(2,3)15(22)18-12-7-5-11(6-8-12)9-13(19)17-10-14(20)21/h5-8H,4,9-10H2,1-3H3,(H,17,19)(H,18,22)(H,20,21). The van der Waals surface area contributed by atoms with E-state index in [1.807, 2.05) is 20.8 Å². The number of carbonyl (C=O) groups is 3. The summed E-state index contributed by atoms with van der Waals surface area (Å²) in [7, 11) is 0. The molecule has 1 rings (SSSR count). The van der Waals surface area contributed by atoms with E-state index in [1.54, 1.807) is 24.3 Å². The second-order valence-electron chi connectivity index (χ2n) is 5.74. The smallest absolute Gasteiger partial charge is 0.322 e. The number of benzene rings is 1. The molecule has 2 amide bonds. The summed E-state index contributed by atoms with van der Waals surface area (Å²) in [5.41, 5.74) is 0.979. The molecule has 0 aliphatic carbocycles. The zero-order chi connectivity index (χ0) is 16.8. The van der Waals surface area contributed by atoms with E-state index in [-0.39, 0.29) is 24.8 Å². The normalized spacial score (nSPS) is 10.9. The van der Waals surface area contributed by atoms with Crippen LogP contribution in [0.15, 0.2) is 24.3 Å². The minimum Gasteiger partial charge on any atom is -0.480 e. The first kappa shape index (κ1) is 17.7. The van der Waals surface area contributed by atoms with Crippen LogP contribution in [0.4, 0.5) is 5.69 Å². The molecule has 0 aliphatic rings. The predicted molar refractivity (Wildman–Crippen MR) is 83.5 cm³/mol. The van der Waals surface area contributed by atoms with E-state index in [2.05, 4.69) is 10.6 Å². The quantitative estimate of drug-likeness (QED) is 0.716. The van der Waals surface area contributed by atoms with Crippen LogP contribution < -0.4 is 10.6 Å². The van der Waals surface area contributed by atoms with Gasteiger partial charge in [0.25, 0.3) is 0 Å². The van der Waals surface area contributed by atoms with E-state index in [1.165, 1.54) is 0 Å². The van der Waals surface area contributed by atoms with Crippen LogP contribution in [0.1, 0.15) is 32.8 Å². The van der Waals surface area contributed by atoms with Gasteiger partial charge in [-0.15, -0.1) is 0 Å². The minimum atomic E-state index is -1.08. The summed E-state index contributed by atoms with van der Waals surface area (Å²) in [5.74, 6) is -1.49. The second kappa shape index (κ2) is 7.59. The summed E-state index contributed by atoms with van der Waals surface area (Å²) in [6.45, 7) is 5.32. The van der Waals surface area contributed by atoms with Crippen molar-refractivity contribution in [2.24, 2.45) is 5.41 Å². The van der Waals surface area contributed by atoms with Crippen LogP contribution >= 0.6 is 0 Å². The third-order valence-corrected chi connectivity index (χ3v) is 3.51. The average molecular weight is 306 g/mol. The molecule has 0 saturated heterocycles. The van der Waals surface area contributed by atoms with Crippen LogP contribution in [0.5, 0.6) is 0 Å². The van der Waals surface area contributed by atoms with Crippen molar-refractivity contribution in [3.05, 3.63) is 29.8 Å². The van der Waals surface area contributed by atoms with E-state index in [4.69, 9.17) is 5.11 Å². The summed E-state index contributed by atoms with van der Waals surface area (Å²) in [6, 6.07) is 6.91. The van der Waals surface area contributed by atoms with E-state index >= 15 is 0 Å². The number of amides is 2. The Morgan fingerprint density at radius 3 is 2.23 bits per heavy atom. The molecular weight excluding hydrogens is 284 g/mol. The third kappa shape index (κ3) is 5.55. The van der Waals surface area contributed by atoms with Gasteiger partial charge in [0, 0.05) is 11.1 Å². The number of aliphatic carboxylic acids is 1. The molecule has 1 aromatic carbocycles. The average Bonchev–Trinajstić information content (AvgIpc) is 2.47. The fraction of sp³-hybridized carbons (Fsp3) is 0.438. The molecule has 0 fully saturated rings. The SMILES string of the molecule is CCC(C)(C)C(=O)Nc1ccc(CC(=O)NCC(=O)O)cc1. The van der Waals surface area contributed by atoms with Gasteiger partial charge in [0.2, 0.25) is 11.8 Å². The molecule has 0 unspecified atom stereocenters. The molecule has 22 heavy (non-hydrogen) atoms. The summed E-state index contributed by atoms with van der Waals surface area (Å²) < 4.78 is 0. The molecule has 0 bridgehead atoms. The lowest BCUT2D eigenvalue weighted by atomic mass is 9.89. The highest BCUT2D eigenvalue weighted by atomic mass is 16.4. The summed E-state index contributed by atoms with van der Waals surface area (Å²) in [4.78, 5) is 33.9. The predicted octanol–water partition coefficient (Wildman–Crippen LogP) is 1.80. The summed E-state index contributed by atoms with van der Waals surface area (Å²) in [6.07, 6.45) is 0.836. The third-order valence-electron chi connectivity index (χ3n) is 3.51. The van der Waals surface area contributed by atoms with Gasteiger partial charge in [-0.2, -0.15) is 0 Å². The first-order chi connectivity index (χ1) is 10.2. The molecule has 0 aliphatic heterocycles. The Labute approximate surface area is 129 Å². The van der Waals surface area contributed by atoms with Crippen molar-refractivity contribution in [2.75, 3.05) is 11.9 Å². The van der Waals surface area contributed by atoms with Crippen LogP contribution in [0.3, 0.4) is 0 Å². The number of rotatable bonds is 7. The Bertz CT molecular complexity index is 550. The van der Waals surface area contributed by atoms with Gasteiger partial charge in [0.05, 0.1) is 6.42 Å². The zero-order valence-electron chi connectivity index (χ0n) is 13.1. The van der Waals surface area contributed by atoms with Gasteiger partial charge >= 0.3 is 5.97 Å². The molecule has 0 heterocycles. The van der Waals surface area contributed by atoms with Crippen molar-refractivity contribution in [1.82, 2.24) is 5.32 Å². The fourth-order valence-corrected chi connectivity index (χ4v) is 1.59. The minimum absolute atomic E-state index is 0.0537. The first-order valence-electron chi connectivity index (χ1n) is 7.13. The number of carbonyl (C=O) groups excluding carboxylic acids is 2. The van der Waals surface area contributed by atoms with Crippen LogP contribution in [0.2, 0.25) is 0 Å². The van der Waals surface area contributed by atoms with Gasteiger partial charge in [-0.25, -0.2) is 0 Å². The van der Waals surface area contributed by atoms with Gasteiger partial charge in [-0.1, -0.05) is 32.9 Å². The van der Waals surface area contributed by atoms with Crippen LogP contribution in [-0.2, 0) is 20.8 Å². The highest BCUT2D eigenvalue weighted by Crippen LogP contribution is 2.22. The zero-order valence-corrected chi connectivity index (χ0v) is 13.1. The van der Waals surface area contributed by atoms with Gasteiger partial charge in [0.1, 0.15) is 6.54 Å². The van der Waals surface area contributed by atoms with Crippen molar-refractivity contribution >= 4 is 23.5 Å². The number of anilines is 1. The van der Waals surface area contributed by atoms with Gasteiger partial charge in [-0.05, 0) is 24.1 Å². The lowest BCUT2D eigenvalue weighted by Gasteiger charge is -2.21. The second-order valence-corrected chi connectivity index (χ2v) is 5.74. The van der Waals surface area contributed by atoms with E-state index in [0.717, 1.165) is 12.0 Å². The lowest BCUT2D eigenvalue weighted by molar-refractivity contribution is -0.137. The molecule has 120 valence electrons. The molecule has 0 saturated carbocycles. The molecule has 3 N–H and O–H groups in total. The summed E-state index contributed by atoms with van der Waals surface area (Å²) in [5, 5.41) is 13.6. The summed E-state index contributed by atoms with van der Waals surface area (Å²) >= 11 is 0. The van der Waals surface area contributed by atoms with Gasteiger partial charge in [0.15, 0.2) is 0 Å². The van der Waals surface area contributed by atoms with E-state index in [0.29, 0.717) is 5.69 Å². The van der Waals surface area contributed by atoms with Crippen molar-refractivity contribution in [2.45, 2.75) is 33.6 Å². The largest absolute Gasteiger partial charge is 0.480 e. The van der Waals surface area contributed by atoms with Crippen LogP contribution in [0, 0.1) is 5.41 Å². The molecule has 6 heteroatoms. The number of hydrogen-bond donors (Lipinski definition) is 3. The molecule has 1 aromatic rings. The maximum absolute atomic E-state index is 12.0. The maximum Gasteiger partial charge on any atom is 0.322 e. The van der Waals surface area contributed by atoms with Crippen molar-refractivity contribution in [3.63, 3.8) is 0 Å². The Morgan fingerprint density at radius 2 is 1.73 bits per heavy atom. The molecule has 6 nitrogen and oxygen atoms in total. The number of carboxylic acid groups (broad SMARTS) is 1. The first-order valence-corrected chi connectivity index (χ1v) is 7.13. The highest BCUT2D eigenvalue weighted by molar-refractivity contribution is 5.94. The van der Waals surface area contributed by atoms with E-state index < -0.39 is 11.4 Å². The van der Waals surface area contributed by atoms with Gasteiger partial charge in [-0.3, -0.25) is 14.4 Å². The molecule has 0 atom stereocenters. The monoisotopic (exact) mass is 306 g/mol. The fourth-order valence-electron chi connectivity index (χ4n) is 1.59. The number of hydrogen-bond acceptors (Lipinski definition) is 3.